The van der Waals surface area contributed by atoms with E-state index in [0.717, 1.165) is 4.90 Å². The second-order valence-electron chi connectivity index (χ2n) is 6.76. The maximum absolute atomic E-state index is 13.2. The van der Waals surface area contributed by atoms with Gasteiger partial charge in [-0.05, 0) is 36.4 Å². The van der Waals surface area contributed by atoms with Crippen LogP contribution < -0.4 is 4.74 Å². The molecule has 3 aromatic rings. The molecule has 0 spiro atoms. The number of fused-ring (bicyclic) bond motifs is 1. The van der Waals surface area contributed by atoms with Gasteiger partial charge in [0.1, 0.15) is 5.75 Å². The van der Waals surface area contributed by atoms with E-state index in [1.165, 1.54) is 11.8 Å². The maximum atomic E-state index is 13.2. The van der Waals surface area contributed by atoms with E-state index in [4.69, 9.17) is 4.74 Å². The molecule has 3 aromatic carbocycles. The van der Waals surface area contributed by atoms with Crippen molar-refractivity contribution in [3.8, 4) is 5.75 Å². The number of rotatable bonds is 6. The SMILES string of the molecule is COc1ccc(C(=O)CC2=C(Sc3ccccc3)C(=O)c3ccccc3C2=O)cc1. The summed E-state index contributed by atoms with van der Waals surface area (Å²) in [5, 5.41) is 0. The van der Waals surface area contributed by atoms with Crippen molar-refractivity contribution in [3.63, 3.8) is 0 Å². The van der Waals surface area contributed by atoms with E-state index in [9.17, 15) is 14.4 Å². The molecular formula is C25H18O4S. The summed E-state index contributed by atoms with van der Waals surface area (Å²) in [6.45, 7) is 0. The summed E-state index contributed by atoms with van der Waals surface area (Å²) >= 11 is 1.23. The molecule has 0 bridgehead atoms. The highest BCUT2D eigenvalue weighted by Crippen LogP contribution is 2.38. The van der Waals surface area contributed by atoms with Crippen molar-refractivity contribution >= 4 is 29.1 Å². The lowest BCUT2D eigenvalue weighted by Gasteiger charge is -2.20. The van der Waals surface area contributed by atoms with Gasteiger partial charge in [0, 0.05) is 33.6 Å². The fourth-order valence-electron chi connectivity index (χ4n) is 3.32. The van der Waals surface area contributed by atoms with Gasteiger partial charge in [-0.3, -0.25) is 14.4 Å². The molecule has 0 fully saturated rings. The number of methoxy groups -OCH3 is 1. The molecule has 0 N–H and O–H groups in total. The summed E-state index contributed by atoms with van der Waals surface area (Å²) in [5.74, 6) is -0.0784. The number of benzene rings is 3. The lowest BCUT2D eigenvalue weighted by atomic mass is 9.86. The quantitative estimate of drug-likeness (QED) is 0.506. The van der Waals surface area contributed by atoms with Crippen molar-refractivity contribution in [2.45, 2.75) is 11.3 Å². The molecule has 0 aromatic heterocycles. The number of hydrogen-bond donors (Lipinski definition) is 0. The van der Waals surface area contributed by atoms with Crippen LogP contribution in [0.5, 0.6) is 5.75 Å². The third kappa shape index (κ3) is 3.84. The highest BCUT2D eigenvalue weighted by atomic mass is 32.2. The van der Waals surface area contributed by atoms with Crippen LogP contribution in [0, 0.1) is 0 Å². The molecule has 0 atom stereocenters. The van der Waals surface area contributed by atoms with Crippen LogP contribution in [0.1, 0.15) is 37.5 Å². The van der Waals surface area contributed by atoms with Gasteiger partial charge in [0.2, 0.25) is 5.78 Å². The molecule has 148 valence electrons. The molecule has 30 heavy (non-hydrogen) atoms. The van der Waals surface area contributed by atoms with E-state index in [-0.39, 0.29) is 29.3 Å². The van der Waals surface area contributed by atoms with Crippen LogP contribution >= 0.6 is 11.8 Å². The monoisotopic (exact) mass is 414 g/mol. The first-order valence-corrected chi connectivity index (χ1v) is 10.2. The fourth-order valence-corrected chi connectivity index (χ4v) is 4.34. The van der Waals surface area contributed by atoms with Crippen LogP contribution in [0.15, 0.2) is 94.2 Å². The number of ketones is 3. The zero-order valence-electron chi connectivity index (χ0n) is 16.3. The van der Waals surface area contributed by atoms with Gasteiger partial charge >= 0.3 is 0 Å². The molecule has 0 unspecified atom stereocenters. The molecule has 1 aliphatic carbocycles. The van der Waals surface area contributed by atoms with Crippen molar-refractivity contribution in [2.24, 2.45) is 0 Å². The smallest absolute Gasteiger partial charge is 0.200 e. The molecule has 0 aliphatic heterocycles. The minimum atomic E-state index is -0.273. The first kappa shape index (κ1) is 19.9. The average Bonchev–Trinajstić information content (AvgIpc) is 2.80. The molecule has 4 nitrogen and oxygen atoms in total. The Morgan fingerprint density at radius 2 is 1.40 bits per heavy atom. The standard InChI is InChI=1S/C25H18O4S/c1-29-17-13-11-16(12-14-17)22(26)15-21-23(27)19-9-5-6-10-20(19)24(28)25(21)30-18-7-3-2-4-8-18/h2-14H,15H2,1H3. The number of thioether (sulfide) groups is 1. The molecule has 0 saturated carbocycles. The predicted molar refractivity (Wildman–Crippen MR) is 116 cm³/mol. The summed E-state index contributed by atoms with van der Waals surface area (Å²) in [7, 11) is 1.55. The van der Waals surface area contributed by atoms with Gasteiger partial charge < -0.3 is 4.74 Å². The first-order chi connectivity index (χ1) is 14.6. The Balaban J connectivity index is 1.74. The van der Waals surface area contributed by atoms with Crippen LogP contribution in [-0.4, -0.2) is 24.5 Å². The van der Waals surface area contributed by atoms with Crippen LogP contribution in [0.3, 0.4) is 0 Å². The van der Waals surface area contributed by atoms with Crippen molar-refractivity contribution in [2.75, 3.05) is 7.11 Å². The van der Waals surface area contributed by atoms with E-state index in [1.807, 2.05) is 30.3 Å². The van der Waals surface area contributed by atoms with Crippen molar-refractivity contribution < 1.29 is 19.1 Å². The molecule has 1 aliphatic rings. The number of Topliss-reactive ketones (excluding diaryl/α,β-unsaturated/α-hetero) is 3. The molecular weight excluding hydrogens is 396 g/mol. The summed E-state index contributed by atoms with van der Waals surface area (Å²) in [5.41, 5.74) is 1.43. The van der Waals surface area contributed by atoms with E-state index >= 15 is 0 Å². The largest absolute Gasteiger partial charge is 0.497 e. The number of carbonyl (C=O) groups is 3. The summed E-state index contributed by atoms with van der Waals surface area (Å²) in [4.78, 5) is 40.5. The van der Waals surface area contributed by atoms with E-state index in [1.54, 1.807) is 55.6 Å². The molecule has 0 saturated heterocycles. The summed E-state index contributed by atoms with van der Waals surface area (Å²) < 4.78 is 5.13. The van der Waals surface area contributed by atoms with Crippen molar-refractivity contribution in [1.82, 2.24) is 0 Å². The third-order valence-electron chi connectivity index (χ3n) is 4.88. The van der Waals surface area contributed by atoms with E-state index in [2.05, 4.69) is 0 Å². The van der Waals surface area contributed by atoms with Crippen molar-refractivity contribution in [3.05, 3.63) is 106 Å². The molecule has 0 heterocycles. The summed E-state index contributed by atoms with van der Waals surface area (Å²) in [6.07, 6.45) is -0.138. The number of carbonyl (C=O) groups excluding carboxylic acids is 3. The minimum absolute atomic E-state index is 0.138. The number of hydrogen-bond acceptors (Lipinski definition) is 5. The van der Waals surface area contributed by atoms with Gasteiger partial charge in [0.25, 0.3) is 0 Å². The highest BCUT2D eigenvalue weighted by Gasteiger charge is 2.33. The third-order valence-corrected chi connectivity index (χ3v) is 6.03. The topological polar surface area (TPSA) is 60.4 Å². The normalized spacial score (nSPS) is 13.2. The van der Waals surface area contributed by atoms with Gasteiger partial charge in [0.05, 0.1) is 12.0 Å². The van der Waals surface area contributed by atoms with Gasteiger partial charge in [-0.1, -0.05) is 54.2 Å². The lowest BCUT2D eigenvalue weighted by Crippen LogP contribution is -2.22. The number of allylic oxidation sites excluding steroid dienone is 2. The number of ether oxygens (including phenoxy) is 1. The van der Waals surface area contributed by atoms with E-state index in [0.29, 0.717) is 27.3 Å². The van der Waals surface area contributed by atoms with Gasteiger partial charge in [-0.25, -0.2) is 0 Å². The Labute approximate surface area is 178 Å². The van der Waals surface area contributed by atoms with Crippen LogP contribution in [0.4, 0.5) is 0 Å². The lowest BCUT2D eigenvalue weighted by molar-refractivity contribution is 0.0946. The molecule has 0 amide bonds. The van der Waals surface area contributed by atoms with E-state index < -0.39 is 0 Å². The van der Waals surface area contributed by atoms with Gasteiger partial charge in [-0.2, -0.15) is 0 Å². The second kappa shape index (κ2) is 8.51. The Kier molecular flexibility index (Phi) is 5.63. The maximum Gasteiger partial charge on any atom is 0.200 e. The van der Waals surface area contributed by atoms with Crippen LogP contribution in [-0.2, 0) is 0 Å². The zero-order valence-corrected chi connectivity index (χ0v) is 17.1. The Morgan fingerprint density at radius 1 is 0.800 bits per heavy atom. The highest BCUT2D eigenvalue weighted by molar-refractivity contribution is 8.04. The molecule has 5 heteroatoms. The Bertz CT molecular complexity index is 1160. The van der Waals surface area contributed by atoms with Gasteiger partial charge in [-0.15, -0.1) is 0 Å². The predicted octanol–water partition coefficient (Wildman–Crippen LogP) is 5.39. The van der Waals surface area contributed by atoms with Crippen LogP contribution in [0.25, 0.3) is 0 Å². The minimum Gasteiger partial charge on any atom is -0.497 e. The zero-order chi connectivity index (χ0) is 21.1. The summed E-state index contributed by atoms with van der Waals surface area (Å²) in [6, 6.07) is 22.8. The molecule has 0 radical (unpaired) electrons. The Morgan fingerprint density at radius 3 is 2.03 bits per heavy atom. The fraction of sp³-hybridized carbons (Fsp3) is 0.0800. The molecule has 4 rings (SSSR count). The first-order valence-electron chi connectivity index (χ1n) is 9.40. The van der Waals surface area contributed by atoms with Gasteiger partial charge in [0.15, 0.2) is 11.6 Å². The van der Waals surface area contributed by atoms with Crippen molar-refractivity contribution in [1.29, 1.82) is 0 Å². The average molecular weight is 414 g/mol. The van der Waals surface area contributed by atoms with Crippen LogP contribution in [0.2, 0.25) is 0 Å². The Hall–Kier alpha value is -3.44. The second-order valence-corrected chi connectivity index (χ2v) is 7.84.